The molecule has 0 radical (unpaired) electrons. The Kier molecular flexibility index (Phi) is 5.99. The number of rotatable bonds is 5. The van der Waals surface area contributed by atoms with Gasteiger partial charge in [0.05, 0.1) is 12.2 Å². The van der Waals surface area contributed by atoms with Gasteiger partial charge in [0.25, 0.3) is 0 Å². The van der Waals surface area contributed by atoms with Gasteiger partial charge in [-0.3, -0.25) is 0 Å². The number of nitrogens with zero attached hydrogens (tertiary/aromatic N) is 2. The maximum absolute atomic E-state index is 12.5. The van der Waals surface area contributed by atoms with E-state index in [1.807, 2.05) is 53.6 Å². The van der Waals surface area contributed by atoms with Crippen molar-refractivity contribution in [3.8, 4) is 5.75 Å². The van der Waals surface area contributed by atoms with Crippen molar-refractivity contribution >= 4 is 17.6 Å². The molecule has 0 bridgehead atoms. The fourth-order valence-electron chi connectivity index (χ4n) is 3.05. The van der Waals surface area contributed by atoms with Crippen molar-refractivity contribution in [2.24, 2.45) is 0 Å². The van der Waals surface area contributed by atoms with Crippen molar-refractivity contribution in [3.63, 3.8) is 0 Å². The number of carbonyl (C=O) groups is 2. The van der Waals surface area contributed by atoms with Crippen LogP contribution in [-0.2, 0) is 22.6 Å². The van der Waals surface area contributed by atoms with Crippen LogP contribution in [0, 0.1) is 0 Å². The highest BCUT2D eigenvalue weighted by atomic mass is 16.6. The lowest BCUT2D eigenvalue weighted by atomic mass is 9.96. The van der Waals surface area contributed by atoms with Crippen LogP contribution in [0.5, 0.6) is 5.75 Å². The van der Waals surface area contributed by atoms with Crippen molar-refractivity contribution in [2.45, 2.75) is 20.0 Å². The lowest BCUT2D eigenvalue weighted by molar-refractivity contribution is -0.136. The van der Waals surface area contributed by atoms with E-state index >= 15 is 0 Å². The molecule has 0 N–H and O–H groups in total. The summed E-state index contributed by atoms with van der Waals surface area (Å²) in [4.78, 5) is 27.8. The average molecular weight is 380 g/mol. The summed E-state index contributed by atoms with van der Waals surface area (Å²) in [6, 6.07) is 15.2. The topological polar surface area (TPSA) is 59.1 Å². The number of benzene rings is 2. The van der Waals surface area contributed by atoms with E-state index < -0.39 is 6.09 Å². The summed E-state index contributed by atoms with van der Waals surface area (Å²) < 4.78 is 10.7. The average Bonchev–Trinajstić information content (AvgIpc) is 2.69. The van der Waals surface area contributed by atoms with Crippen molar-refractivity contribution in [2.75, 3.05) is 20.7 Å². The van der Waals surface area contributed by atoms with Gasteiger partial charge < -0.3 is 19.3 Å². The van der Waals surface area contributed by atoms with Crippen molar-refractivity contribution in [1.29, 1.82) is 0 Å². The first kappa shape index (κ1) is 19.5. The molecule has 2 aromatic rings. The largest absolute Gasteiger partial charge is 0.462 e. The molecule has 3 rings (SSSR count). The molecule has 0 unspecified atom stereocenters. The molecule has 6 nitrogen and oxygen atoms in total. The number of carbonyl (C=O) groups excluding carboxylic acids is 2. The molecule has 0 aromatic heterocycles. The zero-order chi connectivity index (χ0) is 20.1. The molecule has 1 aliphatic rings. The Labute approximate surface area is 165 Å². The van der Waals surface area contributed by atoms with E-state index in [-0.39, 0.29) is 5.97 Å². The van der Waals surface area contributed by atoms with Crippen molar-refractivity contribution < 1.29 is 19.1 Å². The molecular weight excluding hydrogens is 356 g/mol. The van der Waals surface area contributed by atoms with E-state index in [2.05, 4.69) is 0 Å². The van der Waals surface area contributed by atoms with E-state index in [1.165, 1.54) is 4.90 Å². The summed E-state index contributed by atoms with van der Waals surface area (Å²) in [5, 5.41) is 0. The first-order valence-corrected chi connectivity index (χ1v) is 9.18. The minimum atomic E-state index is -0.431. The van der Waals surface area contributed by atoms with E-state index in [0.29, 0.717) is 31.0 Å². The van der Waals surface area contributed by atoms with Gasteiger partial charge in [0.2, 0.25) is 0 Å². The Morgan fingerprint density at radius 1 is 1.07 bits per heavy atom. The molecule has 146 valence electrons. The minimum Gasteiger partial charge on any atom is -0.462 e. The highest BCUT2D eigenvalue weighted by Gasteiger charge is 2.23. The summed E-state index contributed by atoms with van der Waals surface area (Å²) in [5.41, 5.74) is 3.34. The highest BCUT2D eigenvalue weighted by molar-refractivity contribution is 6.17. The van der Waals surface area contributed by atoms with Crippen LogP contribution < -0.4 is 4.74 Å². The van der Waals surface area contributed by atoms with Crippen LogP contribution in [0.25, 0.3) is 5.57 Å². The summed E-state index contributed by atoms with van der Waals surface area (Å²) in [5.74, 6) is 0.165. The Hall–Kier alpha value is -3.28. The maximum atomic E-state index is 12.5. The number of para-hydroxylation sites is 1. The lowest BCUT2D eigenvalue weighted by Gasteiger charge is -2.28. The third-order valence-corrected chi connectivity index (χ3v) is 4.40. The molecule has 0 atom stereocenters. The molecule has 2 aromatic carbocycles. The Balaban J connectivity index is 1.88. The second-order valence-electron chi connectivity index (χ2n) is 6.70. The van der Waals surface area contributed by atoms with Gasteiger partial charge >= 0.3 is 12.1 Å². The number of fused-ring (bicyclic) bond motifs is 1. The van der Waals surface area contributed by atoms with Crippen LogP contribution in [0.1, 0.15) is 23.6 Å². The molecule has 1 aliphatic heterocycles. The van der Waals surface area contributed by atoms with Crippen LogP contribution in [0.15, 0.2) is 54.7 Å². The van der Waals surface area contributed by atoms with E-state index in [4.69, 9.17) is 9.47 Å². The summed E-state index contributed by atoms with van der Waals surface area (Å²) in [7, 11) is 3.28. The van der Waals surface area contributed by atoms with Gasteiger partial charge in [0, 0.05) is 38.9 Å². The molecule has 1 amide bonds. The Morgan fingerprint density at radius 2 is 1.79 bits per heavy atom. The predicted octanol–water partition coefficient (Wildman–Crippen LogP) is 3.67. The Bertz CT molecular complexity index is 905. The Morgan fingerprint density at radius 3 is 2.54 bits per heavy atom. The fraction of sp³-hybridized carbons (Fsp3) is 0.273. The van der Waals surface area contributed by atoms with Gasteiger partial charge in [-0.15, -0.1) is 0 Å². The lowest BCUT2D eigenvalue weighted by Crippen LogP contribution is -2.27. The molecule has 0 saturated heterocycles. The first-order valence-electron chi connectivity index (χ1n) is 9.18. The SMILES string of the molecule is CCOC(=O)C1=CN(Cc2ccccc2OC(=O)N(C)C)Cc2ccccc21. The van der Waals surface area contributed by atoms with Crippen LogP contribution >= 0.6 is 0 Å². The van der Waals surface area contributed by atoms with E-state index in [9.17, 15) is 9.59 Å². The van der Waals surface area contributed by atoms with E-state index in [0.717, 1.165) is 16.7 Å². The van der Waals surface area contributed by atoms with Crippen LogP contribution in [0.4, 0.5) is 4.79 Å². The second kappa shape index (κ2) is 8.61. The van der Waals surface area contributed by atoms with Gasteiger partial charge in [0.15, 0.2) is 0 Å². The molecule has 1 heterocycles. The quantitative estimate of drug-likeness (QED) is 0.741. The molecule has 0 aliphatic carbocycles. The second-order valence-corrected chi connectivity index (χ2v) is 6.70. The highest BCUT2D eigenvalue weighted by Crippen LogP contribution is 2.30. The molecule has 0 fully saturated rings. The third kappa shape index (κ3) is 4.34. The summed E-state index contributed by atoms with van der Waals surface area (Å²) >= 11 is 0. The zero-order valence-corrected chi connectivity index (χ0v) is 16.3. The predicted molar refractivity (Wildman–Crippen MR) is 106 cm³/mol. The smallest absolute Gasteiger partial charge is 0.414 e. The molecule has 28 heavy (non-hydrogen) atoms. The molecule has 6 heteroatoms. The standard InChI is InChI=1S/C22H24N2O4/c1-4-27-21(25)19-15-24(13-16-9-5-7-11-18(16)19)14-17-10-6-8-12-20(17)28-22(26)23(2)3/h5-12,15H,4,13-14H2,1-3H3. The third-order valence-electron chi connectivity index (χ3n) is 4.40. The van der Waals surface area contributed by atoms with Crippen molar-refractivity contribution in [3.05, 3.63) is 71.4 Å². The van der Waals surface area contributed by atoms with Gasteiger partial charge in [-0.1, -0.05) is 42.5 Å². The van der Waals surface area contributed by atoms with Gasteiger partial charge in [-0.25, -0.2) is 9.59 Å². The van der Waals surface area contributed by atoms with E-state index in [1.54, 1.807) is 27.1 Å². The maximum Gasteiger partial charge on any atom is 0.414 e. The van der Waals surface area contributed by atoms with Crippen LogP contribution in [-0.4, -0.2) is 42.6 Å². The summed E-state index contributed by atoms with van der Waals surface area (Å²) in [6.45, 7) is 3.26. The van der Waals surface area contributed by atoms with Crippen molar-refractivity contribution in [1.82, 2.24) is 9.80 Å². The number of ether oxygens (including phenoxy) is 2. The monoisotopic (exact) mass is 380 g/mol. The molecule has 0 saturated carbocycles. The van der Waals surface area contributed by atoms with Gasteiger partial charge in [-0.2, -0.15) is 0 Å². The first-order chi connectivity index (χ1) is 13.5. The normalized spacial score (nSPS) is 12.7. The van der Waals surface area contributed by atoms with Crippen LogP contribution in [0.2, 0.25) is 0 Å². The summed E-state index contributed by atoms with van der Waals surface area (Å²) in [6.07, 6.45) is 1.39. The molecular formula is C22H24N2O4. The molecule has 0 spiro atoms. The van der Waals surface area contributed by atoms with Gasteiger partial charge in [0.1, 0.15) is 5.75 Å². The minimum absolute atomic E-state index is 0.321. The zero-order valence-electron chi connectivity index (χ0n) is 16.3. The number of amides is 1. The number of hydrogen-bond acceptors (Lipinski definition) is 5. The van der Waals surface area contributed by atoms with Crippen LogP contribution in [0.3, 0.4) is 0 Å². The number of esters is 1. The van der Waals surface area contributed by atoms with Gasteiger partial charge in [-0.05, 0) is 24.1 Å². The number of hydrogen-bond donors (Lipinski definition) is 0. The fourth-order valence-corrected chi connectivity index (χ4v) is 3.05.